The first-order chi connectivity index (χ1) is 5.11. The van der Waals surface area contributed by atoms with E-state index in [-0.39, 0.29) is 12.1 Å². The van der Waals surface area contributed by atoms with Crippen LogP contribution in [-0.2, 0) is 0 Å². The van der Waals surface area contributed by atoms with Gasteiger partial charge < -0.3 is 5.11 Å². The number of nitrogens with zero attached hydrogens (tertiary/aromatic N) is 1. The molecule has 11 heavy (non-hydrogen) atoms. The SMILES string of the molecule is CC1=CCN(C)[C@H](C)[C@@H](O)C1. The lowest BCUT2D eigenvalue weighted by atomic mass is 10.1. The summed E-state index contributed by atoms with van der Waals surface area (Å²) >= 11 is 0. The average Bonchev–Trinajstić information content (AvgIpc) is 2.05. The van der Waals surface area contributed by atoms with Crippen LogP contribution in [0.4, 0.5) is 0 Å². The second-order valence-corrected chi connectivity index (χ2v) is 3.50. The number of likely N-dealkylation sites (N-methyl/N-ethyl adjacent to an activating group) is 1. The van der Waals surface area contributed by atoms with Crippen LogP contribution in [0.1, 0.15) is 20.3 Å². The van der Waals surface area contributed by atoms with Crippen molar-refractivity contribution in [3.63, 3.8) is 0 Å². The Balaban J connectivity index is 2.65. The molecule has 0 spiro atoms. The Hall–Kier alpha value is -0.340. The van der Waals surface area contributed by atoms with Gasteiger partial charge in [-0.05, 0) is 27.3 Å². The second kappa shape index (κ2) is 3.37. The van der Waals surface area contributed by atoms with Crippen LogP contribution in [0.25, 0.3) is 0 Å². The normalized spacial score (nSPS) is 34.7. The molecule has 1 rings (SSSR count). The molecule has 0 radical (unpaired) electrons. The molecule has 1 aliphatic heterocycles. The van der Waals surface area contributed by atoms with E-state index in [4.69, 9.17) is 0 Å². The molecule has 0 amide bonds. The summed E-state index contributed by atoms with van der Waals surface area (Å²) in [5.41, 5.74) is 1.30. The second-order valence-electron chi connectivity index (χ2n) is 3.50. The number of aliphatic hydroxyl groups is 1. The molecule has 0 bridgehead atoms. The number of hydrogen-bond acceptors (Lipinski definition) is 2. The van der Waals surface area contributed by atoms with Crippen molar-refractivity contribution < 1.29 is 5.11 Å². The highest BCUT2D eigenvalue weighted by atomic mass is 16.3. The summed E-state index contributed by atoms with van der Waals surface area (Å²) < 4.78 is 0. The third kappa shape index (κ3) is 2.04. The minimum atomic E-state index is -0.196. The van der Waals surface area contributed by atoms with E-state index in [0.717, 1.165) is 13.0 Å². The van der Waals surface area contributed by atoms with Crippen molar-refractivity contribution in [2.75, 3.05) is 13.6 Å². The maximum Gasteiger partial charge on any atom is 0.0729 e. The summed E-state index contributed by atoms with van der Waals surface area (Å²) in [6.45, 7) is 5.11. The first-order valence-electron chi connectivity index (χ1n) is 4.15. The van der Waals surface area contributed by atoms with Crippen LogP contribution in [0, 0.1) is 0 Å². The van der Waals surface area contributed by atoms with Gasteiger partial charge in [-0.2, -0.15) is 0 Å². The van der Waals surface area contributed by atoms with Crippen molar-refractivity contribution in [1.82, 2.24) is 4.90 Å². The van der Waals surface area contributed by atoms with Crippen LogP contribution in [0.5, 0.6) is 0 Å². The summed E-state index contributed by atoms with van der Waals surface area (Å²) in [7, 11) is 2.04. The highest BCUT2D eigenvalue weighted by molar-refractivity contribution is 5.05. The van der Waals surface area contributed by atoms with Crippen molar-refractivity contribution in [2.45, 2.75) is 32.4 Å². The molecule has 0 aromatic rings. The van der Waals surface area contributed by atoms with Crippen molar-refractivity contribution >= 4 is 0 Å². The number of aliphatic hydroxyl groups excluding tert-OH is 1. The van der Waals surface area contributed by atoms with Gasteiger partial charge in [0, 0.05) is 12.6 Å². The van der Waals surface area contributed by atoms with E-state index in [1.165, 1.54) is 5.57 Å². The Labute approximate surface area is 68.5 Å². The molecule has 0 aliphatic carbocycles. The molecule has 2 atom stereocenters. The Morgan fingerprint density at radius 3 is 2.91 bits per heavy atom. The summed E-state index contributed by atoms with van der Waals surface area (Å²) in [4.78, 5) is 2.17. The van der Waals surface area contributed by atoms with Gasteiger partial charge in [0.2, 0.25) is 0 Å². The smallest absolute Gasteiger partial charge is 0.0729 e. The van der Waals surface area contributed by atoms with Gasteiger partial charge in [-0.15, -0.1) is 0 Å². The lowest BCUT2D eigenvalue weighted by molar-refractivity contribution is 0.0841. The monoisotopic (exact) mass is 155 g/mol. The van der Waals surface area contributed by atoms with Gasteiger partial charge in [-0.3, -0.25) is 4.90 Å². The van der Waals surface area contributed by atoms with Crippen LogP contribution in [0.2, 0.25) is 0 Å². The fraction of sp³-hybridized carbons (Fsp3) is 0.778. The molecular formula is C9H17NO. The molecule has 0 saturated carbocycles. The molecule has 0 aromatic heterocycles. The Morgan fingerprint density at radius 2 is 2.27 bits per heavy atom. The largest absolute Gasteiger partial charge is 0.391 e. The van der Waals surface area contributed by atoms with Gasteiger partial charge in [-0.25, -0.2) is 0 Å². The predicted octanol–water partition coefficient (Wildman–Crippen LogP) is 1.02. The molecule has 0 aromatic carbocycles. The molecule has 64 valence electrons. The summed E-state index contributed by atoms with van der Waals surface area (Å²) in [6.07, 6.45) is 2.82. The van der Waals surface area contributed by atoms with Crippen LogP contribution in [0.3, 0.4) is 0 Å². The van der Waals surface area contributed by atoms with Gasteiger partial charge >= 0.3 is 0 Å². The zero-order valence-electron chi connectivity index (χ0n) is 7.54. The van der Waals surface area contributed by atoms with Gasteiger partial charge in [0.1, 0.15) is 0 Å². The van der Waals surface area contributed by atoms with E-state index in [1.807, 2.05) is 7.05 Å². The quantitative estimate of drug-likeness (QED) is 0.528. The fourth-order valence-electron chi connectivity index (χ4n) is 1.34. The zero-order valence-corrected chi connectivity index (χ0v) is 7.54. The standard InChI is InChI=1S/C9H17NO/c1-7-4-5-10(3)8(2)9(11)6-7/h4,8-9,11H,5-6H2,1-3H3/t8-,9+/m1/s1. The van der Waals surface area contributed by atoms with Gasteiger partial charge in [0.15, 0.2) is 0 Å². The van der Waals surface area contributed by atoms with Crippen molar-refractivity contribution in [3.8, 4) is 0 Å². The molecule has 2 heteroatoms. The van der Waals surface area contributed by atoms with E-state index in [1.54, 1.807) is 0 Å². The summed E-state index contributed by atoms with van der Waals surface area (Å²) in [6, 6.07) is 0.281. The van der Waals surface area contributed by atoms with Crippen molar-refractivity contribution in [1.29, 1.82) is 0 Å². The van der Waals surface area contributed by atoms with E-state index in [0.29, 0.717) is 0 Å². The topological polar surface area (TPSA) is 23.5 Å². The Morgan fingerprint density at radius 1 is 1.64 bits per heavy atom. The maximum atomic E-state index is 9.62. The third-order valence-electron chi connectivity index (χ3n) is 2.51. The molecule has 1 aliphatic rings. The molecule has 1 heterocycles. The highest BCUT2D eigenvalue weighted by Crippen LogP contribution is 2.15. The van der Waals surface area contributed by atoms with Crippen LogP contribution < -0.4 is 0 Å². The van der Waals surface area contributed by atoms with Crippen LogP contribution >= 0.6 is 0 Å². The van der Waals surface area contributed by atoms with Crippen LogP contribution in [0.15, 0.2) is 11.6 Å². The lowest BCUT2D eigenvalue weighted by Crippen LogP contribution is -2.37. The minimum absolute atomic E-state index is 0.196. The number of hydrogen-bond donors (Lipinski definition) is 1. The lowest BCUT2D eigenvalue weighted by Gasteiger charge is -2.25. The molecule has 0 saturated heterocycles. The van der Waals surface area contributed by atoms with Crippen LogP contribution in [-0.4, -0.2) is 35.7 Å². The Kier molecular flexibility index (Phi) is 2.68. The summed E-state index contributed by atoms with van der Waals surface area (Å²) in [5.74, 6) is 0. The molecule has 2 nitrogen and oxygen atoms in total. The van der Waals surface area contributed by atoms with Gasteiger partial charge in [0.05, 0.1) is 6.10 Å². The highest BCUT2D eigenvalue weighted by Gasteiger charge is 2.20. The molecule has 0 unspecified atom stereocenters. The fourth-order valence-corrected chi connectivity index (χ4v) is 1.34. The van der Waals surface area contributed by atoms with E-state index in [2.05, 4.69) is 24.8 Å². The van der Waals surface area contributed by atoms with Gasteiger partial charge in [-0.1, -0.05) is 11.6 Å². The Bertz CT molecular complexity index is 165. The van der Waals surface area contributed by atoms with Crippen molar-refractivity contribution in [3.05, 3.63) is 11.6 Å². The molecular weight excluding hydrogens is 138 g/mol. The zero-order chi connectivity index (χ0) is 8.43. The predicted molar refractivity (Wildman–Crippen MR) is 46.5 cm³/mol. The maximum absolute atomic E-state index is 9.62. The van der Waals surface area contributed by atoms with Gasteiger partial charge in [0.25, 0.3) is 0 Å². The first-order valence-corrected chi connectivity index (χ1v) is 4.15. The van der Waals surface area contributed by atoms with E-state index in [9.17, 15) is 5.11 Å². The molecule has 1 N–H and O–H groups in total. The average molecular weight is 155 g/mol. The van der Waals surface area contributed by atoms with E-state index >= 15 is 0 Å². The molecule has 0 fully saturated rings. The summed E-state index contributed by atoms with van der Waals surface area (Å²) in [5, 5.41) is 9.62. The van der Waals surface area contributed by atoms with Crippen molar-refractivity contribution in [2.24, 2.45) is 0 Å². The van der Waals surface area contributed by atoms with E-state index < -0.39 is 0 Å². The third-order valence-corrected chi connectivity index (χ3v) is 2.51. The first kappa shape index (κ1) is 8.75. The number of rotatable bonds is 0. The minimum Gasteiger partial charge on any atom is -0.391 e.